The number of rotatable bonds is 10. The molecule has 0 radical (unpaired) electrons. The molecule has 0 amide bonds. The fraction of sp³-hybridized carbons (Fsp3) is 0.739. The van der Waals surface area contributed by atoms with E-state index >= 15 is 0 Å². The zero-order valence-electron chi connectivity index (χ0n) is 21.1. The molecule has 3 fully saturated rings. The van der Waals surface area contributed by atoms with Crippen molar-refractivity contribution in [1.29, 1.82) is 0 Å². The van der Waals surface area contributed by atoms with Crippen molar-refractivity contribution >= 4 is 7.82 Å². The number of nitrogens with one attached hydrogen (secondary N) is 3. The summed E-state index contributed by atoms with van der Waals surface area (Å²) in [6, 6.07) is 6.04. The van der Waals surface area contributed by atoms with Gasteiger partial charge in [-0.05, 0) is 64.5 Å². The molecule has 1 aromatic rings. The minimum atomic E-state index is -4.72. The van der Waals surface area contributed by atoms with Crippen molar-refractivity contribution in [1.82, 2.24) is 16.0 Å². The molecule has 1 saturated carbocycles. The van der Waals surface area contributed by atoms with E-state index in [9.17, 15) is 14.8 Å². The number of benzene rings is 1. The van der Waals surface area contributed by atoms with Crippen LogP contribution in [0.5, 0.6) is 5.75 Å². The van der Waals surface area contributed by atoms with Gasteiger partial charge in [-0.15, -0.1) is 0 Å². The van der Waals surface area contributed by atoms with Gasteiger partial charge in [-0.2, -0.15) is 0 Å². The number of aliphatic hydroxyl groups is 2. The maximum atomic E-state index is 11.7. The Morgan fingerprint density at radius 2 is 1.86 bits per heavy atom. The first-order chi connectivity index (χ1) is 17.5. The summed E-state index contributed by atoms with van der Waals surface area (Å²) in [4.78, 5) is 22.0. The molecule has 0 aromatic heterocycles. The topological polar surface area (TPSA) is 180 Å². The van der Waals surface area contributed by atoms with Crippen LogP contribution in [0.1, 0.15) is 25.3 Å². The molecule has 1 aromatic carbocycles. The van der Waals surface area contributed by atoms with Gasteiger partial charge in [0.05, 0.1) is 24.4 Å². The average molecular weight is 548 g/mol. The van der Waals surface area contributed by atoms with Crippen molar-refractivity contribution in [3.63, 3.8) is 0 Å². The fourth-order valence-electron chi connectivity index (χ4n) is 5.43. The first kappa shape index (κ1) is 28.8. The highest BCUT2D eigenvalue weighted by Crippen LogP contribution is 2.44. The van der Waals surface area contributed by atoms with Crippen LogP contribution in [0.25, 0.3) is 0 Å². The molecule has 4 rings (SSSR count). The van der Waals surface area contributed by atoms with Crippen LogP contribution in [0, 0.1) is 5.92 Å². The molecule has 3 aliphatic rings. The highest BCUT2D eigenvalue weighted by atomic mass is 31.2. The summed E-state index contributed by atoms with van der Waals surface area (Å²) in [6.45, 7) is 3.02. The zero-order chi connectivity index (χ0) is 26.8. The molecule has 0 bridgehead atoms. The molecule has 2 saturated heterocycles. The number of fused-ring (bicyclic) bond motifs is 2. The SMILES string of the molecule is CN[C@H]1[C@@H](O)[C@@H](NC)CC2O[C@@H]3O[C@H](C)CC(CNCCc4ccc(OOP(=O)(O)O)cc4)[C@]3(O)O[C@@H]21. The average Bonchev–Trinajstić information content (AvgIpc) is 2.85. The van der Waals surface area contributed by atoms with Crippen molar-refractivity contribution in [3.8, 4) is 5.75 Å². The Balaban J connectivity index is 1.34. The molecule has 14 heteroatoms. The van der Waals surface area contributed by atoms with Crippen LogP contribution < -0.4 is 20.8 Å². The van der Waals surface area contributed by atoms with Gasteiger partial charge in [-0.25, -0.2) is 4.57 Å². The molecule has 2 aliphatic heterocycles. The summed E-state index contributed by atoms with van der Waals surface area (Å²) in [5.74, 6) is -1.80. The Labute approximate surface area is 215 Å². The molecular formula is C23H38N3O10P. The number of hydrogen-bond acceptors (Lipinski definition) is 11. The summed E-state index contributed by atoms with van der Waals surface area (Å²) < 4.78 is 33.3. The van der Waals surface area contributed by atoms with Gasteiger partial charge in [0, 0.05) is 18.5 Å². The summed E-state index contributed by atoms with van der Waals surface area (Å²) in [7, 11) is -1.17. The van der Waals surface area contributed by atoms with Gasteiger partial charge in [0.15, 0.2) is 5.75 Å². The molecular weight excluding hydrogens is 509 g/mol. The fourth-order valence-corrected chi connectivity index (χ4v) is 5.61. The van der Waals surface area contributed by atoms with Crippen LogP contribution >= 0.6 is 7.82 Å². The van der Waals surface area contributed by atoms with Crippen molar-refractivity contribution in [2.75, 3.05) is 27.2 Å². The van der Waals surface area contributed by atoms with E-state index in [1.807, 2.05) is 6.92 Å². The lowest BCUT2D eigenvalue weighted by molar-refractivity contribution is -0.451. The number of ether oxygens (including phenoxy) is 3. The summed E-state index contributed by atoms with van der Waals surface area (Å²) >= 11 is 0. The molecule has 13 nitrogen and oxygen atoms in total. The molecule has 2 heterocycles. The molecule has 0 spiro atoms. The lowest BCUT2D eigenvalue weighted by Gasteiger charge is -2.57. The van der Waals surface area contributed by atoms with E-state index in [2.05, 4.69) is 25.5 Å². The van der Waals surface area contributed by atoms with Gasteiger partial charge in [0.1, 0.15) is 6.10 Å². The van der Waals surface area contributed by atoms with Gasteiger partial charge in [0.25, 0.3) is 0 Å². The van der Waals surface area contributed by atoms with Crippen LogP contribution in [0.4, 0.5) is 0 Å². The first-order valence-corrected chi connectivity index (χ1v) is 14.0. The highest BCUT2D eigenvalue weighted by molar-refractivity contribution is 7.46. The van der Waals surface area contributed by atoms with E-state index in [-0.39, 0.29) is 29.9 Å². The standard InChI is InChI=1S/C23H38N3O10P/c1-13-10-15(12-26-9-8-14-4-6-16(7-5-14)35-36-37(29,30)31)23(28)22(32-13)33-18-11-17(24-2)20(27)19(25-3)21(18)34-23/h4-7,13,15,17-22,24-28H,8-12H2,1-3H3,(H2,29,30,31)/t13-,15?,17+,18?,19+,20+,21+,22+,23+/m1/s1. The van der Waals surface area contributed by atoms with E-state index in [4.69, 9.17) is 24.0 Å². The first-order valence-electron chi connectivity index (χ1n) is 12.5. The van der Waals surface area contributed by atoms with Crippen LogP contribution in [-0.2, 0) is 29.9 Å². The number of aliphatic hydroxyl groups excluding tert-OH is 1. The molecule has 37 heavy (non-hydrogen) atoms. The smallest absolute Gasteiger partial charge is 0.390 e. The second-order valence-corrected chi connectivity index (χ2v) is 11.0. The minimum absolute atomic E-state index is 0.130. The lowest BCUT2D eigenvalue weighted by atomic mass is 9.80. The van der Waals surface area contributed by atoms with Crippen LogP contribution in [-0.4, -0.2) is 95.8 Å². The Bertz CT molecular complexity index is 936. The maximum absolute atomic E-state index is 11.7. The summed E-state index contributed by atoms with van der Waals surface area (Å²) in [5, 5.41) is 32.1. The van der Waals surface area contributed by atoms with E-state index in [1.165, 1.54) is 0 Å². The predicted molar refractivity (Wildman–Crippen MR) is 130 cm³/mol. The molecule has 2 unspecified atom stereocenters. The molecule has 1 aliphatic carbocycles. The minimum Gasteiger partial charge on any atom is -0.390 e. The van der Waals surface area contributed by atoms with Gasteiger partial charge < -0.3 is 55.0 Å². The molecule has 210 valence electrons. The van der Waals surface area contributed by atoms with Gasteiger partial charge in [-0.1, -0.05) is 16.8 Å². The quantitative estimate of drug-likeness (QED) is 0.0854. The molecule has 9 atom stereocenters. The number of phosphoric acid groups is 1. The zero-order valence-corrected chi connectivity index (χ0v) is 22.0. The third-order valence-electron chi connectivity index (χ3n) is 7.34. The van der Waals surface area contributed by atoms with Crippen molar-refractivity contribution < 1.29 is 48.3 Å². The van der Waals surface area contributed by atoms with E-state index in [0.717, 1.165) is 5.56 Å². The molecule has 7 N–H and O–H groups in total. The van der Waals surface area contributed by atoms with Crippen molar-refractivity contribution in [3.05, 3.63) is 29.8 Å². The Hall–Kier alpha value is -1.19. The third kappa shape index (κ3) is 6.70. The summed E-state index contributed by atoms with van der Waals surface area (Å²) in [5.41, 5.74) is 0.972. The van der Waals surface area contributed by atoms with Crippen LogP contribution in [0.15, 0.2) is 24.3 Å². The van der Waals surface area contributed by atoms with Crippen molar-refractivity contribution in [2.45, 2.75) is 74.8 Å². The van der Waals surface area contributed by atoms with E-state index in [1.54, 1.807) is 38.4 Å². The Morgan fingerprint density at radius 1 is 1.14 bits per heavy atom. The Morgan fingerprint density at radius 3 is 2.51 bits per heavy atom. The third-order valence-corrected chi connectivity index (χ3v) is 7.61. The monoisotopic (exact) mass is 547 g/mol. The summed E-state index contributed by atoms with van der Waals surface area (Å²) in [6.07, 6.45) is -0.891. The maximum Gasteiger partial charge on any atom is 0.505 e. The Kier molecular flexibility index (Phi) is 9.27. The van der Waals surface area contributed by atoms with E-state index in [0.29, 0.717) is 32.4 Å². The van der Waals surface area contributed by atoms with Gasteiger partial charge in [-0.3, -0.25) is 0 Å². The predicted octanol–water partition coefficient (Wildman–Crippen LogP) is -0.614. The second kappa shape index (κ2) is 11.9. The lowest BCUT2D eigenvalue weighted by Crippen LogP contribution is -2.74. The number of hydrogen-bond donors (Lipinski definition) is 7. The largest absolute Gasteiger partial charge is 0.505 e. The van der Waals surface area contributed by atoms with E-state index < -0.39 is 38.1 Å². The van der Waals surface area contributed by atoms with Crippen molar-refractivity contribution in [2.24, 2.45) is 5.92 Å². The highest BCUT2D eigenvalue weighted by Gasteiger charge is 2.60. The van der Waals surface area contributed by atoms with Gasteiger partial charge in [0.2, 0.25) is 12.1 Å². The number of likely N-dealkylation sites (N-methyl/N-ethyl adjacent to an activating group) is 2. The van der Waals surface area contributed by atoms with Crippen LogP contribution in [0.3, 0.4) is 0 Å². The van der Waals surface area contributed by atoms with Gasteiger partial charge >= 0.3 is 7.82 Å². The normalized spacial score (nSPS) is 38.0. The van der Waals surface area contributed by atoms with Crippen LogP contribution in [0.2, 0.25) is 0 Å². The second-order valence-electron chi connectivity index (χ2n) is 9.90.